The van der Waals surface area contributed by atoms with Gasteiger partial charge in [-0.1, -0.05) is 35.9 Å². The van der Waals surface area contributed by atoms with Gasteiger partial charge in [0.15, 0.2) is 5.78 Å². The van der Waals surface area contributed by atoms with E-state index in [4.69, 9.17) is 4.74 Å². The molecule has 1 saturated heterocycles. The van der Waals surface area contributed by atoms with Crippen LogP contribution in [0.15, 0.2) is 41.5 Å². The molecule has 2 aliphatic heterocycles. The van der Waals surface area contributed by atoms with Gasteiger partial charge < -0.3 is 4.74 Å². The van der Waals surface area contributed by atoms with Crippen LogP contribution in [0.1, 0.15) is 42.1 Å². The molecule has 1 saturated carbocycles. The number of hydrogen-bond acceptors (Lipinski definition) is 4. The lowest BCUT2D eigenvalue weighted by atomic mass is 9.51. The molecule has 0 radical (unpaired) electrons. The van der Waals surface area contributed by atoms with Gasteiger partial charge in [-0.2, -0.15) is 0 Å². The van der Waals surface area contributed by atoms with E-state index >= 15 is 0 Å². The van der Waals surface area contributed by atoms with E-state index in [2.05, 4.69) is 11.4 Å². The summed E-state index contributed by atoms with van der Waals surface area (Å²) < 4.78 is 6.13. The number of fused-ring (bicyclic) bond motifs is 6. The summed E-state index contributed by atoms with van der Waals surface area (Å²) in [6.07, 6.45) is 4.16. The molecule has 3 aliphatic carbocycles. The van der Waals surface area contributed by atoms with Crippen molar-refractivity contribution in [2.24, 2.45) is 29.1 Å². The largest absolute Gasteiger partial charge is 0.493 e. The highest BCUT2D eigenvalue weighted by Crippen LogP contribution is 2.61. The maximum absolute atomic E-state index is 13.6. The van der Waals surface area contributed by atoms with E-state index < -0.39 is 5.41 Å². The number of nitrogens with one attached hydrogen (secondary N) is 1. The zero-order chi connectivity index (χ0) is 19.2. The van der Waals surface area contributed by atoms with Gasteiger partial charge in [0.1, 0.15) is 5.76 Å². The Morgan fingerprint density at radius 1 is 1.07 bits per heavy atom. The first-order chi connectivity index (χ1) is 13.5. The number of carbonyl (C=O) groups is 3. The molecule has 1 aromatic rings. The molecule has 28 heavy (non-hydrogen) atoms. The summed E-state index contributed by atoms with van der Waals surface area (Å²) in [5, 5.41) is 2.53. The normalized spacial score (nSPS) is 37.9. The summed E-state index contributed by atoms with van der Waals surface area (Å²) in [5.41, 5.74) is 3.24. The average molecular weight is 375 g/mol. The van der Waals surface area contributed by atoms with Crippen molar-refractivity contribution in [1.82, 2.24) is 5.32 Å². The molecule has 2 fully saturated rings. The predicted molar refractivity (Wildman–Crippen MR) is 101 cm³/mol. The topological polar surface area (TPSA) is 72.5 Å². The molecule has 0 bridgehead atoms. The van der Waals surface area contributed by atoms with Crippen LogP contribution < -0.4 is 5.32 Å². The van der Waals surface area contributed by atoms with Gasteiger partial charge in [-0.25, -0.2) is 0 Å². The SMILES string of the molecule is C[C@@]12C[C@@H]3C(=CC[C@@H]4C(=O)NC(=O)[C@@H]43)[C@@H]3CCOC(=C31)c1ccccc1C2=O. The van der Waals surface area contributed by atoms with Crippen molar-refractivity contribution in [2.45, 2.75) is 26.2 Å². The Labute approximate surface area is 162 Å². The lowest BCUT2D eigenvalue weighted by Crippen LogP contribution is -2.49. The molecule has 2 amide bonds. The Balaban J connectivity index is 1.58. The minimum Gasteiger partial charge on any atom is -0.493 e. The van der Waals surface area contributed by atoms with Crippen LogP contribution in [0.2, 0.25) is 0 Å². The van der Waals surface area contributed by atoms with Crippen molar-refractivity contribution in [3.05, 3.63) is 52.6 Å². The first kappa shape index (κ1) is 16.3. The van der Waals surface area contributed by atoms with Crippen molar-refractivity contribution in [2.75, 3.05) is 6.61 Å². The molecule has 5 aliphatic rings. The Morgan fingerprint density at radius 2 is 1.86 bits per heavy atom. The number of hydrogen-bond donors (Lipinski definition) is 1. The van der Waals surface area contributed by atoms with Crippen molar-refractivity contribution in [1.29, 1.82) is 0 Å². The standard InChI is InChI=1S/C23H21NO4/c1-23-10-16-11(6-7-15-17(16)22(27)24-21(15)26)12-8-9-28-19(18(12)23)13-4-2-3-5-14(13)20(23)25/h2-6,12,15-17H,7-10H2,1H3,(H,24,26,27)/t12-,15-,16+,17-,23+/m0/s1. The summed E-state index contributed by atoms with van der Waals surface area (Å²) in [7, 11) is 0. The fourth-order valence-corrected chi connectivity index (χ4v) is 6.42. The molecular formula is C23H21NO4. The van der Waals surface area contributed by atoms with E-state index in [9.17, 15) is 14.4 Å². The van der Waals surface area contributed by atoms with Crippen molar-refractivity contribution in [3.8, 4) is 0 Å². The van der Waals surface area contributed by atoms with Gasteiger partial charge >= 0.3 is 0 Å². The maximum Gasteiger partial charge on any atom is 0.231 e. The quantitative estimate of drug-likeness (QED) is 0.559. The van der Waals surface area contributed by atoms with Gasteiger partial charge in [-0.05, 0) is 37.7 Å². The minimum absolute atomic E-state index is 0.0579. The molecule has 5 heteroatoms. The molecule has 2 heterocycles. The van der Waals surface area contributed by atoms with E-state index in [0.29, 0.717) is 25.0 Å². The first-order valence-corrected chi connectivity index (χ1v) is 10.1. The number of ether oxygens (including phenoxy) is 1. The van der Waals surface area contributed by atoms with Gasteiger partial charge in [0.05, 0.1) is 23.9 Å². The second kappa shape index (κ2) is 5.22. The number of carbonyl (C=O) groups excluding carboxylic acids is 3. The molecule has 1 N–H and O–H groups in total. The van der Waals surface area contributed by atoms with E-state index in [1.54, 1.807) is 0 Å². The van der Waals surface area contributed by atoms with Crippen LogP contribution in [0.5, 0.6) is 0 Å². The van der Waals surface area contributed by atoms with Crippen molar-refractivity contribution < 1.29 is 19.1 Å². The summed E-state index contributed by atoms with van der Waals surface area (Å²) in [6.45, 7) is 2.61. The van der Waals surface area contributed by atoms with Gasteiger partial charge in [-0.3, -0.25) is 19.7 Å². The number of imide groups is 1. The highest BCUT2D eigenvalue weighted by Gasteiger charge is 2.59. The second-order valence-corrected chi connectivity index (χ2v) is 8.88. The van der Waals surface area contributed by atoms with Gasteiger partial charge in [0.2, 0.25) is 11.8 Å². The maximum atomic E-state index is 13.6. The Hall–Kier alpha value is -2.69. The summed E-state index contributed by atoms with van der Waals surface area (Å²) in [6, 6.07) is 7.68. The van der Waals surface area contributed by atoms with E-state index in [0.717, 1.165) is 23.3 Å². The minimum atomic E-state index is -0.690. The number of Topliss-reactive ketones (excluding diaryl/α,β-unsaturated/α-hetero) is 1. The fraction of sp³-hybridized carbons (Fsp3) is 0.435. The summed E-state index contributed by atoms with van der Waals surface area (Å²) in [5.74, 6) is 0.0718. The number of allylic oxidation sites excluding steroid dienone is 3. The number of amides is 2. The van der Waals surface area contributed by atoms with Gasteiger partial charge in [0.25, 0.3) is 0 Å². The lowest BCUT2D eigenvalue weighted by Gasteiger charge is -2.52. The van der Waals surface area contributed by atoms with Crippen LogP contribution in [-0.2, 0) is 14.3 Å². The van der Waals surface area contributed by atoms with E-state index in [-0.39, 0.29) is 41.3 Å². The van der Waals surface area contributed by atoms with Crippen LogP contribution in [0, 0.1) is 29.1 Å². The highest BCUT2D eigenvalue weighted by molar-refractivity contribution is 6.10. The van der Waals surface area contributed by atoms with E-state index in [1.165, 1.54) is 5.57 Å². The molecule has 1 aromatic carbocycles. The smallest absolute Gasteiger partial charge is 0.231 e. The lowest BCUT2D eigenvalue weighted by molar-refractivity contribution is -0.126. The van der Waals surface area contributed by atoms with Crippen molar-refractivity contribution in [3.63, 3.8) is 0 Å². The number of ketones is 1. The number of benzene rings is 1. The zero-order valence-corrected chi connectivity index (χ0v) is 15.7. The van der Waals surface area contributed by atoms with Crippen LogP contribution in [-0.4, -0.2) is 24.2 Å². The molecule has 0 aromatic heterocycles. The molecule has 0 unspecified atom stereocenters. The Bertz CT molecular complexity index is 1030. The molecule has 0 spiro atoms. The number of rotatable bonds is 0. The van der Waals surface area contributed by atoms with E-state index in [1.807, 2.05) is 31.2 Å². The van der Waals surface area contributed by atoms with Crippen LogP contribution in [0.3, 0.4) is 0 Å². The van der Waals surface area contributed by atoms with Crippen LogP contribution in [0.4, 0.5) is 0 Å². The third-order valence-electron chi connectivity index (χ3n) is 7.58. The molecular weight excluding hydrogens is 354 g/mol. The second-order valence-electron chi connectivity index (χ2n) is 8.88. The third kappa shape index (κ3) is 1.80. The molecule has 5 atom stereocenters. The molecule has 5 nitrogen and oxygen atoms in total. The average Bonchev–Trinajstić information content (AvgIpc) is 3.00. The monoisotopic (exact) mass is 375 g/mol. The summed E-state index contributed by atoms with van der Waals surface area (Å²) >= 11 is 0. The molecule has 142 valence electrons. The highest BCUT2D eigenvalue weighted by atomic mass is 16.5. The van der Waals surface area contributed by atoms with Crippen molar-refractivity contribution >= 4 is 23.4 Å². The third-order valence-corrected chi connectivity index (χ3v) is 7.58. The predicted octanol–water partition coefficient (Wildman–Crippen LogP) is 2.88. The fourth-order valence-electron chi connectivity index (χ4n) is 6.42. The Morgan fingerprint density at radius 3 is 2.68 bits per heavy atom. The first-order valence-electron chi connectivity index (χ1n) is 10.1. The van der Waals surface area contributed by atoms with Gasteiger partial charge in [-0.15, -0.1) is 0 Å². The molecule has 6 rings (SSSR count). The van der Waals surface area contributed by atoms with Gasteiger partial charge in [0, 0.05) is 17.0 Å². The van der Waals surface area contributed by atoms with Crippen LogP contribution >= 0.6 is 0 Å². The van der Waals surface area contributed by atoms with Crippen LogP contribution in [0.25, 0.3) is 5.76 Å². The summed E-state index contributed by atoms with van der Waals surface area (Å²) in [4.78, 5) is 38.5. The zero-order valence-electron chi connectivity index (χ0n) is 15.7. The Kier molecular flexibility index (Phi) is 3.03.